The van der Waals surface area contributed by atoms with Crippen molar-refractivity contribution < 1.29 is 38.4 Å². The Morgan fingerprint density at radius 3 is 2.11 bits per heavy atom. The minimum absolute atomic E-state index is 0.0482. The zero-order valence-electron chi connectivity index (χ0n) is 30.0. The molecule has 4 atom stereocenters. The summed E-state index contributed by atoms with van der Waals surface area (Å²) in [7, 11) is 3.26. The van der Waals surface area contributed by atoms with Crippen LogP contribution in [0.25, 0.3) is 0 Å². The predicted molar refractivity (Wildman–Crippen MR) is 180 cm³/mol. The van der Waals surface area contributed by atoms with Crippen LogP contribution in [0, 0.1) is 29.1 Å². The molecule has 46 heavy (non-hydrogen) atoms. The maximum absolute atomic E-state index is 13.3. The van der Waals surface area contributed by atoms with Crippen molar-refractivity contribution in [3.05, 3.63) is 23.8 Å². The first-order chi connectivity index (χ1) is 21.3. The Bertz CT molecular complexity index is 1100. The van der Waals surface area contributed by atoms with Gasteiger partial charge in [0.05, 0.1) is 31.3 Å². The molecule has 0 aliphatic heterocycles. The van der Waals surface area contributed by atoms with E-state index < -0.39 is 41.1 Å². The second-order valence-corrected chi connectivity index (χ2v) is 14.5. The number of carbonyl (C=O) groups excluding carboxylic acids is 3. The summed E-state index contributed by atoms with van der Waals surface area (Å²) in [6.45, 7) is 17.9. The molecule has 11 nitrogen and oxygen atoms in total. The molecule has 0 fully saturated rings. The lowest BCUT2D eigenvalue weighted by Gasteiger charge is -2.33. The van der Waals surface area contributed by atoms with Gasteiger partial charge in [0.2, 0.25) is 11.8 Å². The molecule has 1 rings (SSSR count). The Morgan fingerprint density at radius 2 is 1.59 bits per heavy atom. The van der Waals surface area contributed by atoms with Crippen LogP contribution in [0.15, 0.2) is 18.2 Å². The minimum Gasteiger partial charge on any atom is -0.493 e. The number of benzene rings is 1. The second-order valence-electron chi connectivity index (χ2n) is 14.5. The Hall–Kier alpha value is -3.05. The predicted octanol–water partition coefficient (Wildman–Crippen LogP) is 4.86. The standard InChI is InChI=1S/C35H61N3O8/c1-22(2)25(17-24-13-14-29(44-11)30(18-24)45-16-12-15-43-10)19-27(38-33(42)46-34(5,6)7)28(39)20-26(23(3)4)31(40)37-21-35(8,9)32(36)41/h13-14,18,22-23,25-28,39H,12,15-17,19-21H2,1-11H3,(H2,36,41)(H,37,40)(H,38,42)/t25-,26-,27-,28?/m0/s1. The highest BCUT2D eigenvalue weighted by Crippen LogP contribution is 2.32. The largest absolute Gasteiger partial charge is 0.493 e. The molecular formula is C35H61N3O8. The molecule has 0 heterocycles. The number of rotatable bonds is 20. The summed E-state index contributed by atoms with van der Waals surface area (Å²) in [5, 5.41) is 17.4. The number of carbonyl (C=O) groups is 3. The van der Waals surface area contributed by atoms with Gasteiger partial charge >= 0.3 is 6.09 Å². The van der Waals surface area contributed by atoms with Crippen LogP contribution in [0.4, 0.5) is 4.79 Å². The van der Waals surface area contributed by atoms with E-state index in [1.165, 1.54) is 0 Å². The number of aliphatic hydroxyl groups is 1. The molecule has 11 heteroatoms. The second kappa shape index (κ2) is 18.9. The molecule has 0 spiro atoms. The molecule has 3 amide bonds. The number of ether oxygens (including phenoxy) is 4. The van der Waals surface area contributed by atoms with Gasteiger partial charge in [0.15, 0.2) is 11.5 Å². The van der Waals surface area contributed by atoms with Gasteiger partial charge in [-0.2, -0.15) is 0 Å². The van der Waals surface area contributed by atoms with Gasteiger partial charge in [-0.3, -0.25) is 9.59 Å². The van der Waals surface area contributed by atoms with Crippen LogP contribution in [0.2, 0.25) is 0 Å². The lowest BCUT2D eigenvalue weighted by Crippen LogP contribution is -2.49. The maximum atomic E-state index is 13.3. The van der Waals surface area contributed by atoms with Gasteiger partial charge < -0.3 is 40.4 Å². The van der Waals surface area contributed by atoms with Gasteiger partial charge in [0.25, 0.3) is 0 Å². The van der Waals surface area contributed by atoms with Crippen molar-refractivity contribution in [2.75, 3.05) is 34.0 Å². The molecule has 0 aliphatic carbocycles. The molecule has 0 bridgehead atoms. The van der Waals surface area contributed by atoms with Crippen molar-refractivity contribution in [1.82, 2.24) is 10.6 Å². The summed E-state index contributed by atoms with van der Waals surface area (Å²) in [5.41, 5.74) is 4.87. The topological polar surface area (TPSA) is 158 Å². The molecule has 1 aromatic rings. The minimum atomic E-state index is -1.05. The summed E-state index contributed by atoms with van der Waals surface area (Å²) in [5.74, 6) is 0.0461. The lowest BCUT2D eigenvalue weighted by atomic mass is 9.80. The van der Waals surface area contributed by atoms with Gasteiger partial charge in [0.1, 0.15) is 5.60 Å². The first-order valence-corrected chi connectivity index (χ1v) is 16.3. The average Bonchev–Trinajstić information content (AvgIpc) is 2.94. The summed E-state index contributed by atoms with van der Waals surface area (Å²) in [6.07, 6.45) is 0.261. The van der Waals surface area contributed by atoms with E-state index in [0.717, 1.165) is 12.0 Å². The quantitative estimate of drug-likeness (QED) is 0.146. The number of hydrogen-bond donors (Lipinski definition) is 4. The van der Waals surface area contributed by atoms with Crippen molar-refractivity contribution in [3.8, 4) is 11.5 Å². The van der Waals surface area contributed by atoms with E-state index in [1.807, 2.05) is 32.0 Å². The van der Waals surface area contributed by atoms with Crippen molar-refractivity contribution in [1.29, 1.82) is 0 Å². The first kappa shape index (κ1) is 41.0. The van der Waals surface area contributed by atoms with Gasteiger partial charge in [-0.15, -0.1) is 0 Å². The van der Waals surface area contributed by atoms with Gasteiger partial charge in [-0.25, -0.2) is 4.79 Å². The zero-order chi connectivity index (χ0) is 35.2. The third kappa shape index (κ3) is 14.6. The number of methoxy groups -OCH3 is 2. The molecule has 0 aromatic heterocycles. The van der Waals surface area contributed by atoms with E-state index in [4.69, 9.17) is 24.7 Å². The summed E-state index contributed by atoms with van der Waals surface area (Å²) in [6, 6.07) is 5.16. The third-order valence-corrected chi connectivity index (χ3v) is 8.15. The Labute approximate surface area is 276 Å². The summed E-state index contributed by atoms with van der Waals surface area (Å²) >= 11 is 0. The number of nitrogens with one attached hydrogen (secondary N) is 2. The normalized spacial score (nSPS) is 14.7. The van der Waals surface area contributed by atoms with Crippen LogP contribution in [0.5, 0.6) is 11.5 Å². The number of alkyl carbamates (subject to hydrolysis) is 1. The first-order valence-electron chi connectivity index (χ1n) is 16.3. The highest BCUT2D eigenvalue weighted by atomic mass is 16.6. The van der Waals surface area contributed by atoms with Gasteiger partial charge in [-0.05, 0) is 89.3 Å². The molecule has 0 saturated carbocycles. The number of hydrogen-bond acceptors (Lipinski definition) is 8. The van der Waals surface area contributed by atoms with E-state index in [9.17, 15) is 19.5 Å². The third-order valence-electron chi connectivity index (χ3n) is 8.15. The number of aliphatic hydroxyl groups excluding tert-OH is 1. The fraction of sp³-hybridized carbons (Fsp3) is 0.743. The molecule has 0 aliphatic rings. The molecular weight excluding hydrogens is 590 g/mol. The van der Waals surface area contributed by atoms with Crippen LogP contribution in [-0.4, -0.2) is 74.7 Å². The number of nitrogens with two attached hydrogens (primary N) is 1. The summed E-state index contributed by atoms with van der Waals surface area (Å²) < 4.78 is 22.2. The van der Waals surface area contributed by atoms with Crippen LogP contribution < -0.4 is 25.8 Å². The molecule has 1 aromatic carbocycles. The van der Waals surface area contributed by atoms with Crippen LogP contribution in [-0.2, 0) is 25.5 Å². The van der Waals surface area contributed by atoms with E-state index in [1.54, 1.807) is 48.8 Å². The van der Waals surface area contributed by atoms with Gasteiger partial charge in [-0.1, -0.05) is 33.8 Å². The SMILES string of the molecule is COCCCOc1cc(C[C@@H](C[C@H](NC(=O)OC(C)(C)C)C(O)C[C@H](C(=O)NCC(C)(C)C(N)=O)C(C)C)C(C)C)ccc1OC. The molecule has 264 valence electrons. The Balaban J connectivity index is 3.26. The van der Waals surface area contributed by atoms with Crippen molar-refractivity contribution in [2.24, 2.45) is 34.8 Å². The monoisotopic (exact) mass is 651 g/mol. The van der Waals surface area contributed by atoms with Crippen molar-refractivity contribution in [2.45, 2.75) is 106 Å². The highest BCUT2D eigenvalue weighted by Gasteiger charge is 2.34. The van der Waals surface area contributed by atoms with E-state index >= 15 is 0 Å². The number of amides is 3. The molecule has 5 N–H and O–H groups in total. The molecule has 0 radical (unpaired) electrons. The van der Waals surface area contributed by atoms with Crippen molar-refractivity contribution >= 4 is 17.9 Å². The van der Waals surface area contributed by atoms with Crippen molar-refractivity contribution in [3.63, 3.8) is 0 Å². The van der Waals surface area contributed by atoms with E-state index in [0.29, 0.717) is 37.6 Å². The maximum Gasteiger partial charge on any atom is 0.407 e. The molecule has 0 saturated heterocycles. The Kier molecular flexibility index (Phi) is 16.9. The number of primary amides is 1. The smallest absolute Gasteiger partial charge is 0.407 e. The Morgan fingerprint density at radius 1 is 0.935 bits per heavy atom. The van der Waals surface area contributed by atoms with Crippen LogP contribution in [0.3, 0.4) is 0 Å². The molecule has 1 unspecified atom stereocenters. The van der Waals surface area contributed by atoms with Crippen LogP contribution >= 0.6 is 0 Å². The van der Waals surface area contributed by atoms with E-state index in [2.05, 4.69) is 24.5 Å². The fourth-order valence-electron chi connectivity index (χ4n) is 4.97. The van der Waals surface area contributed by atoms with Crippen LogP contribution in [0.1, 0.15) is 87.1 Å². The average molecular weight is 652 g/mol. The zero-order valence-corrected chi connectivity index (χ0v) is 30.0. The van der Waals surface area contributed by atoms with Gasteiger partial charge in [0, 0.05) is 32.6 Å². The summed E-state index contributed by atoms with van der Waals surface area (Å²) in [4.78, 5) is 38.0. The fourth-order valence-corrected chi connectivity index (χ4v) is 4.97. The lowest BCUT2D eigenvalue weighted by molar-refractivity contribution is -0.130. The van der Waals surface area contributed by atoms with E-state index in [-0.39, 0.29) is 36.6 Å². The highest BCUT2D eigenvalue weighted by molar-refractivity contribution is 5.83.